The van der Waals surface area contributed by atoms with Crippen LogP contribution in [0.15, 0.2) is 11.6 Å². The number of ether oxygens (including phenoxy) is 1. The van der Waals surface area contributed by atoms with Crippen LogP contribution in [0.5, 0.6) is 0 Å². The molecule has 1 aliphatic heterocycles. The molecule has 6 radical (unpaired) electrons. The molecule has 2 nitrogen and oxygen atoms in total. The van der Waals surface area contributed by atoms with Gasteiger partial charge in [-0.05, 0) is 92.3 Å². The second kappa shape index (κ2) is 10.9. The van der Waals surface area contributed by atoms with E-state index >= 15 is 0 Å². The number of fused-ring (bicyclic) bond motifs is 5. The van der Waals surface area contributed by atoms with Gasteiger partial charge in [-0.3, -0.25) is 0 Å². The zero-order chi connectivity index (χ0) is 18.2. The topological polar surface area (TPSA) is 21.8 Å². The molecule has 4 aliphatic carbocycles. The molecule has 5 rings (SSSR count). The fourth-order valence-corrected chi connectivity index (χ4v) is 8.54. The first kappa shape index (κ1) is 29.2. The summed E-state index contributed by atoms with van der Waals surface area (Å²) in [7, 11) is 3.31. The van der Waals surface area contributed by atoms with Crippen LogP contribution in [0.4, 0.5) is 0 Å². The van der Waals surface area contributed by atoms with Gasteiger partial charge in [0.1, 0.15) is 0 Å². The minimum absolute atomic E-state index is 0. The summed E-state index contributed by atoms with van der Waals surface area (Å²) in [5.41, 5.74) is 2.91. The molecule has 5 aliphatic rings. The number of epoxide rings is 1. The Labute approximate surface area is 281 Å². The van der Waals surface area contributed by atoms with Crippen molar-refractivity contribution in [1.82, 2.24) is 0 Å². The maximum Gasteiger partial charge on any atom is 0.246 e. The van der Waals surface area contributed by atoms with Gasteiger partial charge in [-0.25, -0.2) is 0 Å². The van der Waals surface area contributed by atoms with Gasteiger partial charge in [0.15, 0.2) is 0 Å². The Kier molecular flexibility index (Phi) is 11.0. The molecule has 0 bridgehead atoms. The molecule has 29 heavy (non-hydrogen) atoms. The van der Waals surface area contributed by atoms with Crippen LogP contribution in [0.3, 0.4) is 0 Å². The molecule has 6 heteroatoms. The van der Waals surface area contributed by atoms with Gasteiger partial charge >= 0.3 is 0 Å². The van der Waals surface area contributed by atoms with E-state index in [-0.39, 0.29) is 129 Å². The summed E-state index contributed by atoms with van der Waals surface area (Å²) in [6, 6.07) is 0. The number of allylic oxidation sites excluding steroid dienone is 1. The van der Waals surface area contributed by atoms with Crippen LogP contribution in [-0.2, 0) is 9.16 Å². The minimum Gasteiger partial charge on any atom is -0.415 e. The summed E-state index contributed by atoms with van der Waals surface area (Å²) in [5, 5.41) is 0. The van der Waals surface area contributed by atoms with E-state index in [1.54, 1.807) is 5.57 Å². The first-order valence-electron chi connectivity index (χ1n) is 11.1. The van der Waals surface area contributed by atoms with Gasteiger partial charge in [0.2, 0.25) is 10.5 Å². The van der Waals surface area contributed by atoms with Gasteiger partial charge in [0.05, 0.1) is 12.2 Å². The first-order valence-corrected chi connectivity index (χ1v) is 11.5. The smallest absolute Gasteiger partial charge is 0.246 e. The molecule has 1 unspecified atom stereocenters. The average molecular weight is 794 g/mol. The molecule has 8 atom stereocenters. The van der Waals surface area contributed by atoms with Crippen LogP contribution in [0.2, 0.25) is 0 Å². The molecule has 152 valence electrons. The van der Waals surface area contributed by atoms with Crippen LogP contribution in [0, 0.1) is 158 Å². The summed E-state index contributed by atoms with van der Waals surface area (Å²) in [4.78, 5) is 0. The first-order chi connectivity index (χ1) is 12.5. The van der Waals surface area contributed by atoms with Crippen molar-refractivity contribution in [2.45, 2.75) is 90.3 Å². The van der Waals surface area contributed by atoms with Gasteiger partial charge in [0, 0.05) is 130 Å². The van der Waals surface area contributed by atoms with E-state index in [1.165, 1.54) is 51.4 Å². The van der Waals surface area contributed by atoms with Crippen LogP contribution < -0.4 is 0 Å². The molecular formula is C23H35O2Pr3Si. The maximum absolute atomic E-state index is 6.08. The predicted octanol–water partition coefficient (Wildman–Crippen LogP) is 5.21. The monoisotopic (exact) mass is 794 g/mol. The summed E-state index contributed by atoms with van der Waals surface area (Å²) >= 11 is 0. The average Bonchev–Trinajstić information content (AvgIpc) is 3.35. The van der Waals surface area contributed by atoms with Gasteiger partial charge in [-0.2, -0.15) is 0 Å². The Morgan fingerprint density at radius 3 is 2.41 bits per heavy atom. The predicted molar refractivity (Wildman–Crippen MR) is 105 cm³/mol. The number of hydrogen-bond acceptors (Lipinski definition) is 2. The van der Waals surface area contributed by atoms with Crippen molar-refractivity contribution in [3.63, 3.8) is 0 Å². The summed E-state index contributed by atoms with van der Waals surface area (Å²) < 4.78 is 11.6. The Morgan fingerprint density at radius 1 is 1.07 bits per heavy atom. The standard InChI is InChI=1S/C23H35O2Si.3Pr/c1-4-23(14-24-23)20-8-7-18-17-6-5-15-13-16(25-26)9-11-21(15,2)19(17)10-12-22(18,20)3;;;/h5,16-20H,4,6-14H2,1-3H3;;;/t16?,17-,18-,19-,20-,21-,22-,23-;;;/m0.../s1. The van der Waals surface area contributed by atoms with Crippen LogP contribution in [0.25, 0.3) is 0 Å². The fraction of sp³-hybridized carbons (Fsp3) is 0.913. The SMILES string of the molecule is CC[C@@]1([C@H]2CC[C@H]3[C@@H]4CC=C5CC(O[Si])CC[C@]5(C)[C@H]4CC[C@]23C)CO1.[Pr].[Pr].[Pr]. The van der Waals surface area contributed by atoms with Crippen molar-refractivity contribution in [3.05, 3.63) is 11.6 Å². The van der Waals surface area contributed by atoms with E-state index in [4.69, 9.17) is 9.16 Å². The van der Waals surface area contributed by atoms with Crippen molar-refractivity contribution in [2.24, 2.45) is 34.5 Å². The van der Waals surface area contributed by atoms with E-state index in [0.717, 1.165) is 36.7 Å². The van der Waals surface area contributed by atoms with Crippen LogP contribution >= 0.6 is 0 Å². The molecular weight excluding hydrogens is 759 g/mol. The Balaban J connectivity index is 0.000001000. The van der Waals surface area contributed by atoms with E-state index in [9.17, 15) is 0 Å². The van der Waals surface area contributed by atoms with Crippen molar-refractivity contribution in [1.29, 1.82) is 0 Å². The fourth-order valence-electron chi connectivity index (χ4n) is 8.34. The van der Waals surface area contributed by atoms with Crippen molar-refractivity contribution < 1.29 is 133 Å². The molecule has 0 aromatic rings. The van der Waals surface area contributed by atoms with E-state index in [1.807, 2.05) is 0 Å². The molecule has 0 aromatic heterocycles. The molecule has 1 heterocycles. The normalized spacial score (nSPS) is 49.8. The molecule has 0 amide bonds. The Bertz CT molecular complexity index is 625. The van der Waals surface area contributed by atoms with Crippen LogP contribution in [0.1, 0.15) is 78.6 Å². The molecule has 3 saturated carbocycles. The minimum atomic E-state index is 0. The third-order valence-corrected chi connectivity index (χ3v) is 10.3. The second-order valence-electron chi connectivity index (χ2n) is 10.6. The van der Waals surface area contributed by atoms with Gasteiger partial charge in [0.25, 0.3) is 0 Å². The molecule has 0 N–H and O–H groups in total. The number of rotatable bonds is 3. The summed E-state index contributed by atoms with van der Waals surface area (Å²) in [6.45, 7) is 8.60. The van der Waals surface area contributed by atoms with Crippen molar-refractivity contribution >= 4 is 10.5 Å². The molecule has 0 aromatic carbocycles. The van der Waals surface area contributed by atoms with E-state index in [2.05, 4.69) is 37.3 Å². The zero-order valence-corrected chi connectivity index (χ0v) is 30.7. The van der Waals surface area contributed by atoms with Crippen molar-refractivity contribution in [3.8, 4) is 0 Å². The van der Waals surface area contributed by atoms with Gasteiger partial charge in [-0.15, -0.1) is 0 Å². The molecule has 0 spiro atoms. The second-order valence-corrected chi connectivity index (χ2v) is 10.9. The van der Waals surface area contributed by atoms with E-state index < -0.39 is 0 Å². The van der Waals surface area contributed by atoms with Gasteiger partial charge < -0.3 is 9.16 Å². The maximum atomic E-state index is 6.08. The molecule has 4 fully saturated rings. The quantitative estimate of drug-likeness (QED) is 0.223. The van der Waals surface area contributed by atoms with E-state index in [0.29, 0.717) is 16.9 Å². The van der Waals surface area contributed by atoms with Crippen LogP contribution in [-0.4, -0.2) is 28.8 Å². The summed E-state index contributed by atoms with van der Waals surface area (Å²) in [5.74, 6) is 3.52. The Morgan fingerprint density at radius 2 is 1.79 bits per heavy atom. The molecule has 1 saturated heterocycles. The van der Waals surface area contributed by atoms with Crippen molar-refractivity contribution in [2.75, 3.05) is 6.61 Å². The largest absolute Gasteiger partial charge is 0.415 e. The summed E-state index contributed by atoms with van der Waals surface area (Å²) in [6.07, 6.45) is 14.9. The third kappa shape index (κ3) is 4.72. The Hall–Kier alpha value is 3.97. The van der Waals surface area contributed by atoms with Gasteiger partial charge in [-0.1, -0.05) is 32.4 Å². The zero-order valence-electron chi connectivity index (χ0n) is 18.6. The number of hydrogen-bond donors (Lipinski definition) is 0. The third-order valence-electron chi connectivity index (χ3n) is 9.97.